The van der Waals surface area contributed by atoms with Gasteiger partial charge in [-0.05, 0) is 37.2 Å². The molecule has 0 amide bonds. The first-order chi connectivity index (χ1) is 7.47. The summed E-state index contributed by atoms with van der Waals surface area (Å²) < 4.78 is -0.139. The van der Waals surface area contributed by atoms with Crippen LogP contribution in [0.15, 0.2) is 0 Å². The Balaban J connectivity index is 2.97. The van der Waals surface area contributed by atoms with Crippen LogP contribution in [0.2, 0.25) is 0 Å². The molecule has 0 nitrogen and oxygen atoms in total. The van der Waals surface area contributed by atoms with E-state index in [0.29, 0.717) is 11.1 Å². The zero-order valence-electron chi connectivity index (χ0n) is 10.7. The molecule has 1 saturated carbocycles. The van der Waals surface area contributed by atoms with Gasteiger partial charge >= 0.3 is 0 Å². The van der Waals surface area contributed by atoms with Crippen molar-refractivity contribution in [1.29, 1.82) is 0 Å². The van der Waals surface area contributed by atoms with Gasteiger partial charge in [0, 0.05) is 0 Å². The van der Waals surface area contributed by atoms with Crippen LogP contribution in [0.5, 0.6) is 0 Å². The first-order valence-electron chi connectivity index (χ1n) is 6.16. The first kappa shape index (κ1) is 15.5. The minimum absolute atomic E-state index is 0.139. The van der Waals surface area contributed by atoms with Crippen LogP contribution in [0.3, 0.4) is 0 Å². The lowest BCUT2D eigenvalue weighted by Gasteiger charge is -2.50. The number of alkyl halides is 2. The second-order valence-corrected chi connectivity index (χ2v) is 9.17. The summed E-state index contributed by atoms with van der Waals surface area (Å²) in [4.78, 5) is 0. The van der Waals surface area contributed by atoms with Crippen LogP contribution in [0.1, 0.15) is 39.5 Å². The Morgan fingerprint density at radius 3 is 2.19 bits per heavy atom. The van der Waals surface area contributed by atoms with E-state index in [1.165, 1.54) is 19.3 Å². The molecule has 0 N–H and O–H groups in total. The number of hydrogen-bond donors (Lipinski definition) is 0. The minimum atomic E-state index is -0.139. The summed E-state index contributed by atoms with van der Waals surface area (Å²) in [6.07, 6.45) is 4.88. The molecule has 4 heteroatoms. The molecule has 96 valence electrons. The zero-order chi connectivity index (χ0) is 12.4. The largest absolute Gasteiger partial charge is 0.121 e. The molecule has 0 saturated heterocycles. The van der Waals surface area contributed by atoms with E-state index >= 15 is 0 Å². The van der Waals surface area contributed by atoms with Crippen molar-refractivity contribution < 1.29 is 0 Å². The molecule has 0 radical (unpaired) electrons. The van der Waals surface area contributed by atoms with Crippen molar-refractivity contribution in [1.82, 2.24) is 0 Å². The third kappa shape index (κ3) is 2.88. The molecular weight excluding hydrogens is 277 g/mol. The molecule has 0 heterocycles. The van der Waals surface area contributed by atoms with E-state index in [9.17, 15) is 0 Å². The SMILES string of the molecule is CCC1(CC)CC(PC)C(Cl)C(Cl)(PC)C1. The third-order valence-corrected chi connectivity index (χ3v) is 9.08. The van der Waals surface area contributed by atoms with Crippen molar-refractivity contribution in [3.63, 3.8) is 0 Å². The maximum Gasteiger partial charge on any atom is 0.0783 e. The molecule has 1 aliphatic carbocycles. The zero-order valence-corrected chi connectivity index (χ0v) is 14.3. The smallest absolute Gasteiger partial charge is 0.0783 e. The summed E-state index contributed by atoms with van der Waals surface area (Å²) in [6, 6.07) is 0. The third-order valence-electron chi connectivity index (χ3n) is 4.36. The van der Waals surface area contributed by atoms with Crippen LogP contribution in [-0.4, -0.2) is 29.0 Å². The highest BCUT2D eigenvalue weighted by Gasteiger charge is 2.50. The van der Waals surface area contributed by atoms with Gasteiger partial charge in [0.05, 0.1) is 9.99 Å². The van der Waals surface area contributed by atoms with Crippen molar-refractivity contribution in [3.8, 4) is 0 Å². The molecule has 0 aromatic heterocycles. The summed E-state index contributed by atoms with van der Waals surface area (Å²) in [7, 11) is 1.66. The van der Waals surface area contributed by atoms with Gasteiger partial charge in [-0.1, -0.05) is 26.7 Å². The van der Waals surface area contributed by atoms with Gasteiger partial charge in [0.2, 0.25) is 0 Å². The standard InChI is InChI=1S/C12H24Cl2P2/c1-5-11(6-2)7-9(15-3)10(13)12(14,8-11)16-4/h9-10,15-16H,5-8H2,1-4H3. The lowest BCUT2D eigenvalue weighted by Crippen LogP contribution is -2.48. The van der Waals surface area contributed by atoms with Crippen LogP contribution >= 0.6 is 40.4 Å². The maximum atomic E-state index is 6.81. The molecular formula is C12H24Cl2P2. The molecule has 0 aromatic carbocycles. The summed E-state index contributed by atoms with van der Waals surface area (Å²) in [5, 5.41) is 0.173. The fraction of sp³-hybridized carbons (Fsp3) is 1.00. The van der Waals surface area contributed by atoms with Crippen molar-refractivity contribution in [3.05, 3.63) is 0 Å². The highest BCUT2D eigenvalue weighted by atomic mass is 35.5. The molecule has 5 unspecified atom stereocenters. The Kier molecular flexibility index (Phi) is 5.87. The lowest BCUT2D eigenvalue weighted by molar-refractivity contribution is 0.173. The molecule has 0 aromatic rings. The van der Waals surface area contributed by atoms with Gasteiger partial charge in [-0.15, -0.1) is 40.4 Å². The second kappa shape index (κ2) is 6.06. The van der Waals surface area contributed by atoms with Crippen LogP contribution in [0, 0.1) is 5.41 Å². The molecule has 1 aliphatic rings. The van der Waals surface area contributed by atoms with Gasteiger partial charge in [-0.3, -0.25) is 0 Å². The average molecular weight is 301 g/mol. The van der Waals surface area contributed by atoms with E-state index in [1.807, 2.05) is 0 Å². The minimum Gasteiger partial charge on any atom is -0.121 e. The highest BCUT2D eigenvalue weighted by Crippen LogP contribution is 2.59. The van der Waals surface area contributed by atoms with Crippen molar-refractivity contribution in [2.75, 3.05) is 13.3 Å². The van der Waals surface area contributed by atoms with Gasteiger partial charge in [0.25, 0.3) is 0 Å². The van der Waals surface area contributed by atoms with Crippen molar-refractivity contribution in [2.24, 2.45) is 5.41 Å². The average Bonchev–Trinajstić information content (AvgIpc) is 2.33. The number of halogens is 2. The summed E-state index contributed by atoms with van der Waals surface area (Å²) in [5.74, 6) is 0. The normalized spacial score (nSPS) is 40.1. The van der Waals surface area contributed by atoms with Gasteiger partial charge < -0.3 is 0 Å². The Hall–Kier alpha value is 1.44. The van der Waals surface area contributed by atoms with E-state index in [1.54, 1.807) is 0 Å². The predicted molar refractivity (Wildman–Crippen MR) is 82.7 cm³/mol. The van der Waals surface area contributed by atoms with E-state index in [4.69, 9.17) is 23.2 Å². The Morgan fingerprint density at radius 2 is 1.81 bits per heavy atom. The van der Waals surface area contributed by atoms with Crippen LogP contribution in [0.25, 0.3) is 0 Å². The molecule has 16 heavy (non-hydrogen) atoms. The van der Waals surface area contributed by atoms with Gasteiger partial charge in [-0.2, -0.15) is 0 Å². The highest BCUT2D eigenvalue weighted by molar-refractivity contribution is 7.42. The van der Waals surface area contributed by atoms with Crippen molar-refractivity contribution >= 4 is 40.4 Å². The van der Waals surface area contributed by atoms with E-state index < -0.39 is 0 Å². The maximum absolute atomic E-state index is 6.81. The Labute approximate surface area is 114 Å². The fourth-order valence-corrected chi connectivity index (χ4v) is 6.69. The van der Waals surface area contributed by atoms with Gasteiger partial charge in [-0.25, -0.2) is 0 Å². The Bertz CT molecular complexity index is 226. The molecule has 0 aliphatic heterocycles. The molecule has 1 rings (SSSR count). The first-order valence-corrected chi connectivity index (χ1v) is 10.0. The van der Waals surface area contributed by atoms with E-state index in [-0.39, 0.29) is 9.99 Å². The van der Waals surface area contributed by atoms with Crippen LogP contribution in [0.4, 0.5) is 0 Å². The Morgan fingerprint density at radius 1 is 1.25 bits per heavy atom. The molecule has 1 fully saturated rings. The van der Waals surface area contributed by atoms with Crippen molar-refractivity contribution in [2.45, 2.75) is 55.2 Å². The van der Waals surface area contributed by atoms with Gasteiger partial charge in [0.1, 0.15) is 0 Å². The fourth-order valence-electron chi connectivity index (χ4n) is 2.87. The molecule has 0 bridgehead atoms. The van der Waals surface area contributed by atoms with E-state index in [2.05, 4.69) is 27.2 Å². The van der Waals surface area contributed by atoms with E-state index in [0.717, 1.165) is 23.6 Å². The quantitative estimate of drug-likeness (QED) is 0.500. The monoisotopic (exact) mass is 300 g/mol. The summed E-state index contributed by atoms with van der Waals surface area (Å²) in [5.41, 5.74) is 1.07. The van der Waals surface area contributed by atoms with Gasteiger partial charge in [0.15, 0.2) is 0 Å². The number of rotatable bonds is 4. The predicted octanol–water partition coefficient (Wildman–Crippen LogP) is 5.11. The van der Waals surface area contributed by atoms with Crippen LogP contribution in [-0.2, 0) is 0 Å². The summed E-state index contributed by atoms with van der Waals surface area (Å²) in [6.45, 7) is 9.10. The second-order valence-electron chi connectivity index (χ2n) is 5.00. The lowest BCUT2D eigenvalue weighted by atomic mass is 9.69. The molecule has 5 atom stereocenters. The molecule has 0 spiro atoms. The number of hydrogen-bond acceptors (Lipinski definition) is 0. The summed E-state index contributed by atoms with van der Waals surface area (Å²) >= 11 is 13.4. The van der Waals surface area contributed by atoms with Crippen LogP contribution < -0.4 is 0 Å². The topological polar surface area (TPSA) is 0 Å².